The van der Waals surface area contributed by atoms with E-state index < -0.39 is 0 Å². The highest BCUT2D eigenvalue weighted by atomic mass is 16.5. The molecule has 0 radical (unpaired) electrons. The van der Waals surface area contributed by atoms with Crippen molar-refractivity contribution in [1.82, 2.24) is 4.90 Å². The number of methoxy groups -OCH3 is 1. The van der Waals surface area contributed by atoms with Crippen LogP contribution < -0.4 is 5.32 Å². The van der Waals surface area contributed by atoms with Crippen molar-refractivity contribution >= 4 is 11.6 Å². The van der Waals surface area contributed by atoms with Gasteiger partial charge in [-0.15, -0.1) is 0 Å². The number of ether oxygens (including phenoxy) is 2. The van der Waals surface area contributed by atoms with E-state index >= 15 is 0 Å². The Labute approximate surface area is 144 Å². The van der Waals surface area contributed by atoms with E-state index in [0.29, 0.717) is 6.54 Å². The Bertz CT molecular complexity index is 569. The molecule has 24 heavy (non-hydrogen) atoms. The van der Waals surface area contributed by atoms with Gasteiger partial charge in [0.25, 0.3) is 0 Å². The number of carbonyl (C=O) groups is 1. The summed E-state index contributed by atoms with van der Waals surface area (Å²) in [5, 5.41) is 3.05. The summed E-state index contributed by atoms with van der Waals surface area (Å²) in [6.45, 7) is 4.95. The summed E-state index contributed by atoms with van der Waals surface area (Å²) in [6.07, 6.45) is 4.06. The van der Waals surface area contributed by atoms with Crippen LogP contribution in [-0.4, -0.2) is 55.9 Å². The van der Waals surface area contributed by atoms with E-state index in [-0.39, 0.29) is 17.6 Å². The smallest absolute Gasteiger partial charge is 0.238 e. The molecule has 1 spiro atoms. The molecule has 1 aromatic rings. The number of carbonyl (C=O) groups excluding carboxylic acids is 1. The van der Waals surface area contributed by atoms with Crippen LogP contribution in [0.3, 0.4) is 0 Å². The van der Waals surface area contributed by atoms with Crippen molar-refractivity contribution in [2.45, 2.75) is 44.3 Å². The van der Waals surface area contributed by atoms with Gasteiger partial charge in [0.15, 0.2) is 0 Å². The van der Waals surface area contributed by atoms with Crippen molar-refractivity contribution in [3.05, 3.63) is 29.8 Å². The second kappa shape index (κ2) is 7.64. The lowest BCUT2D eigenvalue weighted by Crippen LogP contribution is -2.57. The summed E-state index contributed by atoms with van der Waals surface area (Å²) < 4.78 is 11.7. The molecule has 2 aliphatic heterocycles. The van der Waals surface area contributed by atoms with Crippen molar-refractivity contribution < 1.29 is 14.3 Å². The third-order valence-corrected chi connectivity index (χ3v) is 5.32. The highest BCUT2D eigenvalue weighted by Crippen LogP contribution is 2.37. The summed E-state index contributed by atoms with van der Waals surface area (Å²) in [5.41, 5.74) is 1.95. The Hall–Kier alpha value is -1.43. The number of rotatable bonds is 5. The van der Waals surface area contributed by atoms with Gasteiger partial charge in [0, 0.05) is 32.5 Å². The number of benzene rings is 1. The Morgan fingerprint density at radius 1 is 1.42 bits per heavy atom. The molecule has 0 aromatic heterocycles. The van der Waals surface area contributed by atoms with Crippen LogP contribution in [-0.2, 0) is 20.7 Å². The van der Waals surface area contributed by atoms with E-state index in [1.54, 1.807) is 7.11 Å². The van der Waals surface area contributed by atoms with Gasteiger partial charge in [-0.2, -0.15) is 0 Å². The number of piperidine rings is 1. The standard InChI is InChI=1S/C19H28N2O3/c1-3-15-7-4-5-8-16(15)20-18(22)14-21-11-10-19(9-6-12-24-19)17(13-21)23-2/h4-5,7-8,17H,3,6,9-14H2,1-2H3,(H,20,22)/t17-,19+/m0/s1. The molecule has 0 aliphatic carbocycles. The maximum Gasteiger partial charge on any atom is 0.238 e. The highest BCUT2D eigenvalue weighted by molar-refractivity contribution is 5.93. The molecule has 0 bridgehead atoms. The topological polar surface area (TPSA) is 50.8 Å². The van der Waals surface area contributed by atoms with Gasteiger partial charge in [0.2, 0.25) is 5.91 Å². The maximum absolute atomic E-state index is 12.4. The first-order valence-electron chi connectivity index (χ1n) is 8.94. The molecule has 5 heteroatoms. The highest BCUT2D eigenvalue weighted by Gasteiger charge is 2.46. The van der Waals surface area contributed by atoms with Crippen LogP contribution in [0.15, 0.2) is 24.3 Å². The lowest BCUT2D eigenvalue weighted by atomic mass is 9.86. The number of nitrogens with zero attached hydrogens (tertiary/aromatic N) is 1. The van der Waals surface area contributed by atoms with Gasteiger partial charge >= 0.3 is 0 Å². The largest absolute Gasteiger partial charge is 0.377 e. The first-order chi connectivity index (χ1) is 11.7. The molecule has 2 fully saturated rings. The summed E-state index contributed by atoms with van der Waals surface area (Å²) in [7, 11) is 1.75. The average Bonchev–Trinajstić information content (AvgIpc) is 3.06. The molecule has 2 saturated heterocycles. The Morgan fingerprint density at radius 3 is 2.96 bits per heavy atom. The fraction of sp³-hybridized carbons (Fsp3) is 0.632. The van der Waals surface area contributed by atoms with Gasteiger partial charge in [-0.3, -0.25) is 9.69 Å². The zero-order valence-corrected chi connectivity index (χ0v) is 14.7. The van der Waals surface area contributed by atoms with Gasteiger partial charge in [-0.1, -0.05) is 25.1 Å². The van der Waals surface area contributed by atoms with Crippen LogP contribution in [0.4, 0.5) is 5.69 Å². The molecular formula is C19H28N2O3. The lowest BCUT2D eigenvalue weighted by Gasteiger charge is -2.44. The van der Waals surface area contributed by atoms with Crippen LogP contribution in [0.25, 0.3) is 0 Å². The van der Waals surface area contributed by atoms with Crippen LogP contribution in [0.5, 0.6) is 0 Å². The van der Waals surface area contributed by atoms with Crippen molar-refractivity contribution in [2.75, 3.05) is 38.7 Å². The van der Waals surface area contributed by atoms with Crippen molar-refractivity contribution in [1.29, 1.82) is 0 Å². The number of likely N-dealkylation sites (tertiary alicyclic amines) is 1. The second-order valence-corrected chi connectivity index (χ2v) is 6.79. The Morgan fingerprint density at radius 2 is 2.25 bits per heavy atom. The third-order valence-electron chi connectivity index (χ3n) is 5.32. The fourth-order valence-corrected chi connectivity index (χ4v) is 3.95. The number of anilines is 1. The zero-order valence-electron chi connectivity index (χ0n) is 14.7. The van der Waals surface area contributed by atoms with Crippen LogP contribution in [0.1, 0.15) is 31.7 Å². The van der Waals surface area contributed by atoms with Gasteiger partial charge in [0.05, 0.1) is 18.2 Å². The van der Waals surface area contributed by atoms with Gasteiger partial charge in [-0.05, 0) is 37.3 Å². The monoisotopic (exact) mass is 332 g/mol. The molecule has 0 saturated carbocycles. The third kappa shape index (κ3) is 3.63. The minimum atomic E-state index is -0.128. The molecule has 1 amide bonds. The molecule has 5 nitrogen and oxygen atoms in total. The molecule has 3 rings (SSSR count). The SMILES string of the molecule is CCc1ccccc1NC(=O)CN1CC[C@]2(CCCO2)[C@@H](OC)C1. The molecule has 2 heterocycles. The molecule has 2 atom stereocenters. The number of hydrogen-bond acceptors (Lipinski definition) is 4. The number of para-hydroxylation sites is 1. The van der Waals surface area contributed by atoms with E-state index in [0.717, 1.165) is 56.6 Å². The van der Waals surface area contributed by atoms with Gasteiger partial charge in [0.1, 0.15) is 0 Å². The molecule has 2 aliphatic rings. The summed E-state index contributed by atoms with van der Waals surface area (Å²) >= 11 is 0. The van der Waals surface area contributed by atoms with Crippen LogP contribution in [0, 0.1) is 0 Å². The quantitative estimate of drug-likeness (QED) is 0.900. The molecule has 1 N–H and O–H groups in total. The van der Waals surface area contributed by atoms with E-state index in [4.69, 9.17) is 9.47 Å². The predicted octanol–water partition coefficient (Wildman–Crippen LogP) is 2.46. The Balaban J connectivity index is 1.57. The van der Waals surface area contributed by atoms with Crippen LogP contribution >= 0.6 is 0 Å². The van der Waals surface area contributed by atoms with Gasteiger partial charge < -0.3 is 14.8 Å². The second-order valence-electron chi connectivity index (χ2n) is 6.79. The van der Waals surface area contributed by atoms with E-state index in [1.807, 2.05) is 18.2 Å². The maximum atomic E-state index is 12.4. The summed E-state index contributed by atoms with van der Waals surface area (Å²) in [4.78, 5) is 14.6. The average molecular weight is 332 g/mol. The Kier molecular flexibility index (Phi) is 5.54. The van der Waals surface area contributed by atoms with Gasteiger partial charge in [-0.25, -0.2) is 0 Å². The number of amides is 1. The molecular weight excluding hydrogens is 304 g/mol. The lowest BCUT2D eigenvalue weighted by molar-refractivity contribution is -0.145. The summed E-state index contributed by atoms with van der Waals surface area (Å²) in [6, 6.07) is 7.98. The van der Waals surface area contributed by atoms with Crippen molar-refractivity contribution in [3.63, 3.8) is 0 Å². The predicted molar refractivity (Wildman–Crippen MR) is 94.2 cm³/mol. The first kappa shape index (κ1) is 17.4. The fourth-order valence-electron chi connectivity index (χ4n) is 3.95. The number of nitrogens with one attached hydrogen (secondary N) is 1. The number of aryl methyl sites for hydroxylation is 1. The number of hydrogen-bond donors (Lipinski definition) is 1. The van der Waals surface area contributed by atoms with Crippen LogP contribution in [0.2, 0.25) is 0 Å². The zero-order chi connectivity index (χ0) is 17.0. The molecule has 132 valence electrons. The minimum Gasteiger partial charge on any atom is -0.377 e. The first-order valence-corrected chi connectivity index (χ1v) is 8.94. The van der Waals surface area contributed by atoms with E-state index in [1.165, 1.54) is 0 Å². The normalized spacial score (nSPS) is 27.5. The van der Waals surface area contributed by atoms with Crippen molar-refractivity contribution in [3.8, 4) is 0 Å². The minimum absolute atomic E-state index is 0.0362. The molecule has 1 aromatic carbocycles. The summed E-state index contributed by atoms with van der Waals surface area (Å²) in [5.74, 6) is 0.0362. The van der Waals surface area contributed by atoms with E-state index in [9.17, 15) is 4.79 Å². The van der Waals surface area contributed by atoms with E-state index in [2.05, 4.69) is 23.2 Å². The molecule has 0 unspecified atom stereocenters. The van der Waals surface area contributed by atoms with Crippen molar-refractivity contribution in [2.24, 2.45) is 0 Å².